The number of carbonyl (C=O) groups excluding carboxylic acids is 2. The number of aromatic nitrogens is 2. The number of nitrogens with zero attached hydrogens (tertiary/aromatic N) is 4. The van der Waals surface area contributed by atoms with Gasteiger partial charge in [0.1, 0.15) is 6.42 Å². The third-order valence-corrected chi connectivity index (χ3v) is 4.49. The van der Waals surface area contributed by atoms with Gasteiger partial charge in [0, 0.05) is 49.3 Å². The molecule has 8 heteroatoms. The Kier molecular flexibility index (Phi) is 5.68. The Bertz CT molecular complexity index is 791. The Morgan fingerprint density at radius 1 is 1.15 bits per heavy atom. The highest BCUT2D eigenvalue weighted by Gasteiger charge is 2.24. The molecule has 2 aromatic rings. The molecule has 1 saturated heterocycles. The van der Waals surface area contributed by atoms with Gasteiger partial charge in [-0.15, -0.1) is 0 Å². The van der Waals surface area contributed by atoms with Gasteiger partial charge in [-0.2, -0.15) is 0 Å². The first-order valence-corrected chi connectivity index (χ1v) is 8.76. The number of benzene rings is 1. The maximum atomic E-state index is 12.4. The molecule has 0 saturated carbocycles. The lowest BCUT2D eigenvalue weighted by Crippen LogP contribution is -2.49. The van der Waals surface area contributed by atoms with Gasteiger partial charge in [0.25, 0.3) is 0 Å². The molecule has 0 radical (unpaired) electrons. The third-order valence-electron chi connectivity index (χ3n) is 4.25. The lowest BCUT2D eigenvalue weighted by molar-refractivity contribution is -0.134. The van der Waals surface area contributed by atoms with E-state index in [1.807, 2.05) is 17.9 Å². The quantitative estimate of drug-likeness (QED) is 0.830. The topological polar surface area (TPSA) is 78.4 Å². The van der Waals surface area contributed by atoms with E-state index in [4.69, 9.17) is 11.6 Å². The average molecular weight is 374 g/mol. The summed E-state index contributed by atoms with van der Waals surface area (Å²) in [4.78, 5) is 36.7. The highest BCUT2D eigenvalue weighted by atomic mass is 35.5. The molecule has 1 aromatic heterocycles. The average Bonchev–Trinajstić information content (AvgIpc) is 2.65. The zero-order valence-corrected chi connectivity index (χ0v) is 15.2. The number of aryl methyl sites for hydroxylation is 1. The monoisotopic (exact) mass is 373 g/mol. The predicted molar refractivity (Wildman–Crippen MR) is 100 cm³/mol. The van der Waals surface area contributed by atoms with Crippen molar-refractivity contribution in [3.8, 4) is 0 Å². The lowest BCUT2D eigenvalue weighted by atomic mass is 10.2. The van der Waals surface area contributed by atoms with Gasteiger partial charge in [-0.3, -0.25) is 9.59 Å². The summed E-state index contributed by atoms with van der Waals surface area (Å²) in [6.07, 6.45) is 3.21. The number of piperazine rings is 1. The highest BCUT2D eigenvalue weighted by molar-refractivity contribution is 6.31. The van der Waals surface area contributed by atoms with Crippen LogP contribution < -0.4 is 10.2 Å². The standard InChI is InChI=1S/C18H20ClN5O2/c1-13-3-4-14(19)11-15(13)22-16(25)12-17(26)23-7-9-24(10-8-23)18-20-5-2-6-21-18/h2-6,11H,7-10,12H2,1H3,(H,22,25). The van der Waals surface area contributed by atoms with Gasteiger partial charge < -0.3 is 15.1 Å². The normalized spacial score (nSPS) is 14.2. The summed E-state index contributed by atoms with van der Waals surface area (Å²) in [6, 6.07) is 7.03. The fourth-order valence-corrected chi connectivity index (χ4v) is 2.95. The number of nitrogens with one attached hydrogen (secondary N) is 1. The molecule has 0 aliphatic carbocycles. The van der Waals surface area contributed by atoms with E-state index in [9.17, 15) is 9.59 Å². The first-order chi connectivity index (χ1) is 12.5. The molecule has 1 fully saturated rings. The fraction of sp³-hybridized carbons (Fsp3) is 0.333. The number of hydrogen-bond acceptors (Lipinski definition) is 5. The summed E-state index contributed by atoms with van der Waals surface area (Å²) < 4.78 is 0. The van der Waals surface area contributed by atoms with Gasteiger partial charge in [0.2, 0.25) is 17.8 Å². The maximum Gasteiger partial charge on any atom is 0.233 e. The molecular weight excluding hydrogens is 354 g/mol. The molecule has 0 atom stereocenters. The van der Waals surface area contributed by atoms with Gasteiger partial charge >= 0.3 is 0 Å². The Hall–Kier alpha value is -2.67. The van der Waals surface area contributed by atoms with E-state index >= 15 is 0 Å². The third kappa shape index (κ3) is 4.49. The summed E-state index contributed by atoms with van der Waals surface area (Å²) in [5.74, 6) is 0.138. The van der Waals surface area contributed by atoms with Crippen molar-refractivity contribution >= 4 is 35.1 Å². The summed E-state index contributed by atoms with van der Waals surface area (Å²) in [6.45, 7) is 4.25. The van der Waals surface area contributed by atoms with Crippen LogP contribution in [0.3, 0.4) is 0 Å². The number of amides is 2. The van der Waals surface area contributed by atoms with Crippen molar-refractivity contribution < 1.29 is 9.59 Å². The Labute approximate surface area is 157 Å². The van der Waals surface area contributed by atoms with Gasteiger partial charge in [-0.05, 0) is 30.7 Å². The maximum absolute atomic E-state index is 12.4. The van der Waals surface area contributed by atoms with Crippen LogP contribution in [0.25, 0.3) is 0 Å². The Morgan fingerprint density at radius 2 is 1.85 bits per heavy atom. The van der Waals surface area contributed by atoms with Crippen LogP contribution >= 0.6 is 11.6 Å². The zero-order valence-electron chi connectivity index (χ0n) is 14.5. The first-order valence-electron chi connectivity index (χ1n) is 8.38. The zero-order chi connectivity index (χ0) is 18.5. The molecule has 0 bridgehead atoms. The number of rotatable bonds is 4. The van der Waals surface area contributed by atoms with Crippen LogP contribution in [-0.2, 0) is 9.59 Å². The van der Waals surface area contributed by atoms with Crippen LogP contribution in [0.1, 0.15) is 12.0 Å². The van der Waals surface area contributed by atoms with E-state index in [2.05, 4.69) is 15.3 Å². The lowest BCUT2D eigenvalue weighted by Gasteiger charge is -2.34. The second-order valence-electron chi connectivity index (χ2n) is 6.10. The van der Waals surface area contributed by atoms with Crippen molar-refractivity contribution in [1.29, 1.82) is 0 Å². The van der Waals surface area contributed by atoms with Gasteiger partial charge in [0.05, 0.1) is 0 Å². The molecule has 0 unspecified atom stereocenters. The van der Waals surface area contributed by atoms with E-state index in [-0.39, 0.29) is 18.2 Å². The van der Waals surface area contributed by atoms with Crippen LogP contribution in [0, 0.1) is 6.92 Å². The van der Waals surface area contributed by atoms with E-state index in [0.29, 0.717) is 42.8 Å². The van der Waals surface area contributed by atoms with E-state index in [1.54, 1.807) is 35.5 Å². The first kappa shape index (κ1) is 18.1. The van der Waals surface area contributed by atoms with Crippen molar-refractivity contribution in [1.82, 2.24) is 14.9 Å². The van der Waals surface area contributed by atoms with Crippen LogP contribution in [0.5, 0.6) is 0 Å². The molecule has 0 spiro atoms. The minimum absolute atomic E-state index is 0.184. The minimum atomic E-state index is -0.339. The number of hydrogen-bond donors (Lipinski definition) is 1. The molecule has 1 aromatic carbocycles. The highest BCUT2D eigenvalue weighted by Crippen LogP contribution is 2.20. The van der Waals surface area contributed by atoms with Crippen molar-refractivity contribution in [2.45, 2.75) is 13.3 Å². The van der Waals surface area contributed by atoms with E-state index in [1.165, 1.54) is 0 Å². The Morgan fingerprint density at radius 3 is 2.54 bits per heavy atom. The van der Waals surface area contributed by atoms with Crippen molar-refractivity contribution in [2.75, 3.05) is 36.4 Å². The van der Waals surface area contributed by atoms with Gasteiger partial charge in [-0.1, -0.05) is 17.7 Å². The van der Waals surface area contributed by atoms with Crippen molar-refractivity contribution in [2.24, 2.45) is 0 Å². The minimum Gasteiger partial charge on any atom is -0.339 e. The van der Waals surface area contributed by atoms with Crippen molar-refractivity contribution in [3.63, 3.8) is 0 Å². The number of anilines is 2. The van der Waals surface area contributed by atoms with Crippen LogP contribution in [0.4, 0.5) is 11.6 Å². The van der Waals surface area contributed by atoms with Gasteiger partial charge in [-0.25, -0.2) is 9.97 Å². The van der Waals surface area contributed by atoms with Crippen LogP contribution in [0.15, 0.2) is 36.7 Å². The molecule has 136 valence electrons. The van der Waals surface area contributed by atoms with E-state index < -0.39 is 0 Å². The predicted octanol–water partition coefficient (Wildman–Crippen LogP) is 2.12. The fourth-order valence-electron chi connectivity index (χ4n) is 2.78. The summed E-state index contributed by atoms with van der Waals surface area (Å²) in [5.41, 5.74) is 1.52. The summed E-state index contributed by atoms with van der Waals surface area (Å²) in [7, 11) is 0. The molecule has 1 aliphatic rings. The number of halogens is 1. The molecular formula is C18H20ClN5O2. The Balaban J connectivity index is 1.51. The molecule has 1 N–H and O–H groups in total. The SMILES string of the molecule is Cc1ccc(Cl)cc1NC(=O)CC(=O)N1CCN(c2ncccn2)CC1. The van der Waals surface area contributed by atoms with Crippen LogP contribution in [0.2, 0.25) is 5.02 Å². The van der Waals surface area contributed by atoms with Crippen molar-refractivity contribution in [3.05, 3.63) is 47.2 Å². The molecule has 26 heavy (non-hydrogen) atoms. The van der Waals surface area contributed by atoms with Crippen LogP contribution in [-0.4, -0.2) is 52.9 Å². The molecule has 3 rings (SSSR count). The summed E-state index contributed by atoms with van der Waals surface area (Å²) in [5, 5.41) is 3.29. The molecule has 1 aliphatic heterocycles. The summed E-state index contributed by atoms with van der Waals surface area (Å²) >= 11 is 5.95. The smallest absolute Gasteiger partial charge is 0.233 e. The molecule has 2 heterocycles. The molecule has 2 amide bonds. The number of carbonyl (C=O) groups is 2. The second kappa shape index (κ2) is 8.14. The largest absolute Gasteiger partial charge is 0.339 e. The molecule has 7 nitrogen and oxygen atoms in total. The van der Waals surface area contributed by atoms with Gasteiger partial charge in [0.15, 0.2) is 0 Å². The second-order valence-corrected chi connectivity index (χ2v) is 6.54. The van der Waals surface area contributed by atoms with E-state index in [0.717, 1.165) is 5.56 Å².